The molecular formula is C17H19ClFN3OS. The van der Waals surface area contributed by atoms with Crippen molar-refractivity contribution in [1.82, 2.24) is 15.1 Å². The van der Waals surface area contributed by atoms with Gasteiger partial charge in [-0.3, -0.25) is 9.69 Å². The summed E-state index contributed by atoms with van der Waals surface area (Å²) in [5, 5.41) is 3.66. The molecule has 128 valence electrons. The number of hydrogen-bond acceptors (Lipinski definition) is 4. The van der Waals surface area contributed by atoms with E-state index < -0.39 is 0 Å². The minimum Gasteiger partial charge on any atom is -0.347 e. The van der Waals surface area contributed by atoms with Crippen molar-refractivity contribution in [3.63, 3.8) is 0 Å². The van der Waals surface area contributed by atoms with Gasteiger partial charge in [0.15, 0.2) is 0 Å². The molecule has 3 heterocycles. The Morgan fingerprint density at radius 2 is 2.21 bits per heavy atom. The maximum atomic E-state index is 13.9. The van der Waals surface area contributed by atoms with Crippen LogP contribution < -0.4 is 5.32 Å². The molecule has 0 aliphatic carbocycles. The van der Waals surface area contributed by atoms with Gasteiger partial charge in [-0.2, -0.15) is 0 Å². The molecule has 1 amide bonds. The summed E-state index contributed by atoms with van der Waals surface area (Å²) in [5.41, 5.74) is 0. The number of fused-ring (bicyclic) bond motifs is 2. The average molecular weight is 368 g/mol. The summed E-state index contributed by atoms with van der Waals surface area (Å²) in [4.78, 5) is 17.8. The lowest BCUT2D eigenvalue weighted by atomic mass is 10.1. The second-order valence-electron chi connectivity index (χ2n) is 6.68. The Bertz CT molecular complexity index is 795. The van der Waals surface area contributed by atoms with Crippen molar-refractivity contribution < 1.29 is 9.18 Å². The van der Waals surface area contributed by atoms with Crippen LogP contribution in [0.15, 0.2) is 18.2 Å². The fourth-order valence-corrected chi connectivity index (χ4v) is 5.23. The van der Waals surface area contributed by atoms with Crippen LogP contribution in [0.25, 0.3) is 10.1 Å². The Balaban J connectivity index is 1.51. The maximum Gasteiger partial charge on any atom is 0.263 e. The fraction of sp³-hybridized carbons (Fsp3) is 0.471. The first kappa shape index (κ1) is 16.3. The number of nitrogens with zero attached hydrogens (tertiary/aromatic N) is 2. The molecule has 7 heteroatoms. The van der Waals surface area contributed by atoms with E-state index in [2.05, 4.69) is 22.2 Å². The van der Waals surface area contributed by atoms with Crippen LogP contribution in [-0.4, -0.2) is 61.0 Å². The molecule has 2 saturated heterocycles. The fourth-order valence-electron chi connectivity index (χ4n) is 3.77. The molecule has 24 heavy (non-hydrogen) atoms. The lowest BCUT2D eigenvalue weighted by Gasteiger charge is -2.34. The first-order valence-electron chi connectivity index (χ1n) is 8.13. The van der Waals surface area contributed by atoms with Crippen LogP contribution in [0.2, 0.25) is 5.02 Å². The number of rotatable bonds is 2. The van der Waals surface area contributed by atoms with E-state index in [1.54, 1.807) is 12.1 Å². The van der Waals surface area contributed by atoms with Crippen molar-refractivity contribution in [3.8, 4) is 0 Å². The molecule has 0 bridgehead atoms. The molecule has 1 aromatic carbocycles. The molecule has 2 aliphatic heterocycles. The average Bonchev–Trinajstić information content (AvgIpc) is 3.08. The second-order valence-corrected chi connectivity index (χ2v) is 8.11. The summed E-state index contributed by atoms with van der Waals surface area (Å²) in [6.07, 6.45) is 0.951. The predicted octanol–water partition coefficient (Wildman–Crippen LogP) is 2.81. The molecule has 2 aromatic rings. The highest BCUT2D eigenvalue weighted by atomic mass is 35.5. The van der Waals surface area contributed by atoms with Crippen LogP contribution in [0.5, 0.6) is 0 Å². The van der Waals surface area contributed by atoms with Crippen molar-refractivity contribution in [3.05, 3.63) is 33.9 Å². The van der Waals surface area contributed by atoms with Gasteiger partial charge in [0, 0.05) is 48.3 Å². The first-order valence-corrected chi connectivity index (χ1v) is 9.32. The minimum atomic E-state index is -0.381. The van der Waals surface area contributed by atoms with E-state index in [9.17, 15) is 9.18 Å². The summed E-state index contributed by atoms with van der Waals surface area (Å²) in [6.45, 7) is 4.03. The maximum absolute atomic E-state index is 13.9. The van der Waals surface area contributed by atoms with Gasteiger partial charge in [-0.05, 0) is 25.6 Å². The number of thiophene rings is 1. The van der Waals surface area contributed by atoms with Gasteiger partial charge in [-0.15, -0.1) is 11.3 Å². The van der Waals surface area contributed by atoms with Gasteiger partial charge in [-0.1, -0.05) is 17.7 Å². The molecule has 2 atom stereocenters. The van der Waals surface area contributed by atoms with Crippen molar-refractivity contribution in [2.45, 2.75) is 18.5 Å². The normalized spacial score (nSPS) is 25.1. The summed E-state index contributed by atoms with van der Waals surface area (Å²) in [7, 11) is 2.13. The Hall–Kier alpha value is -1.21. The molecule has 2 aliphatic rings. The van der Waals surface area contributed by atoms with Gasteiger partial charge >= 0.3 is 0 Å². The van der Waals surface area contributed by atoms with E-state index in [4.69, 9.17) is 11.6 Å². The zero-order valence-electron chi connectivity index (χ0n) is 13.4. The van der Waals surface area contributed by atoms with Gasteiger partial charge in [0.05, 0.1) is 5.02 Å². The summed E-state index contributed by atoms with van der Waals surface area (Å²) >= 11 is 7.53. The SMILES string of the molecule is CN1CCN2C[C@@H](NC(=O)c3sc4cccc(F)c4c3Cl)C[C@H]2C1. The quantitative estimate of drug-likeness (QED) is 0.886. The lowest BCUT2D eigenvalue weighted by Crippen LogP contribution is -2.48. The van der Waals surface area contributed by atoms with Crippen LogP contribution in [0.3, 0.4) is 0 Å². The Kier molecular flexibility index (Phi) is 4.24. The van der Waals surface area contributed by atoms with Crippen molar-refractivity contribution in [1.29, 1.82) is 0 Å². The van der Waals surface area contributed by atoms with Crippen LogP contribution in [-0.2, 0) is 0 Å². The molecule has 2 fully saturated rings. The summed E-state index contributed by atoms with van der Waals surface area (Å²) in [5.74, 6) is -0.576. The molecule has 0 unspecified atom stereocenters. The standard InChI is InChI=1S/C17H19ClFN3OS/c1-21-5-6-22-8-10(7-11(22)9-21)20-17(23)16-15(18)14-12(19)3-2-4-13(14)24-16/h2-4,10-11H,5-9H2,1H3,(H,20,23)/t10-,11-/m0/s1. The number of carbonyl (C=O) groups excluding carboxylic acids is 1. The van der Waals surface area contributed by atoms with Gasteiger partial charge in [0.1, 0.15) is 10.7 Å². The van der Waals surface area contributed by atoms with E-state index in [0.717, 1.165) is 32.6 Å². The monoisotopic (exact) mass is 367 g/mol. The topological polar surface area (TPSA) is 35.6 Å². The van der Waals surface area contributed by atoms with Crippen LogP contribution in [0, 0.1) is 5.82 Å². The molecule has 4 rings (SSSR count). The third kappa shape index (κ3) is 2.81. The Labute approximate surface area is 149 Å². The third-order valence-electron chi connectivity index (χ3n) is 4.97. The van der Waals surface area contributed by atoms with E-state index >= 15 is 0 Å². The zero-order chi connectivity index (χ0) is 16.8. The molecule has 1 aromatic heterocycles. The minimum absolute atomic E-state index is 0.125. The Morgan fingerprint density at radius 1 is 1.38 bits per heavy atom. The number of likely N-dealkylation sites (N-methyl/N-ethyl adjacent to an activating group) is 1. The third-order valence-corrected chi connectivity index (χ3v) is 6.61. The molecule has 0 saturated carbocycles. The van der Waals surface area contributed by atoms with E-state index in [0.29, 0.717) is 21.0 Å². The van der Waals surface area contributed by atoms with Crippen molar-refractivity contribution >= 4 is 38.9 Å². The lowest BCUT2D eigenvalue weighted by molar-refractivity contribution is 0.0941. The smallest absolute Gasteiger partial charge is 0.263 e. The van der Waals surface area contributed by atoms with Gasteiger partial charge in [0.2, 0.25) is 0 Å². The highest BCUT2D eigenvalue weighted by molar-refractivity contribution is 7.21. The van der Waals surface area contributed by atoms with Gasteiger partial charge < -0.3 is 10.2 Å². The summed E-state index contributed by atoms with van der Waals surface area (Å²) in [6, 6.07) is 5.42. The predicted molar refractivity (Wildman–Crippen MR) is 95.5 cm³/mol. The summed E-state index contributed by atoms with van der Waals surface area (Å²) < 4.78 is 14.6. The number of amides is 1. The van der Waals surface area contributed by atoms with Crippen LogP contribution >= 0.6 is 22.9 Å². The molecular weight excluding hydrogens is 349 g/mol. The number of carbonyl (C=O) groups is 1. The second kappa shape index (κ2) is 6.26. The number of piperazine rings is 1. The van der Waals surface area contributed by atoms with Crippen molar-refractivity contribution in [2.75, 3.05) is 33.2 Å². The largest absolute Gasteiger partial charge is 0.347 e. The highest BCUT2D eigenvalue weighted by Gasteiger charge is 2.36. The number of halogens is 2. The van der Waals surface area contributed by atoms with Crippen LogP contribution in [0.1, 0.15) is 16.1 Å². The molecule has 1 N–H and O–H groups in total. The Morgan fingerprint density at radius 3 is 3.00 bits per heavy atom. The van der Waals surface area contributed by atoms with Crippen molar-refractivity contribution in [2.24, 2.45) is 0 Å². The van der Waals surface area contributed by atoms with Gasteiger partial charge in [-0.25, -0.2) is 4.39 Å². The van der Waals surface area contributed by atoms with E-state index in [-0.39, 0.29) is 22.8 Å². The molecule has 0 radical (unpaired) electrons. The van der Waals surface area contributed by atoms with Crippen LogP contribution in [0.4, 0.5) is 4.39 Å². The highest BCUT2D eigenvalue weighted by Crippen LogP contribution is 2.37. The van der Waals surface area contributed by atoms with Gasteiger partial charge in [0.25, 0.3) is 5.91 Å². The number of benzene rings is 1. The number of hydrogen-bond donors (Lipinski definition) is 1. The van der Waals surface area contributed by atoms with E-state index in [1.807, 2.05) is 0 Å². The number of nitrogens with one attached hydrogen (secondary N) is 1. The molecule has 0 spiro atoms. The van der Waals surface area contributed by atoms with E-state index in [1.165, 1.54) is 17.4 Å². The zero-order valence-corrected chi connectivity index (χ0v) is 15.0. The molecule has 4 nitrogen and oxygen atoms in total. The first-order chi connectivity index (χ1) is 11.5.